The zero-order chi connectivity index (χ0) is 16.7. The van der Waals surface area contributed by atoms with Crippen LogP contribution in [0, 0.1) is 17.8 Å². The molecule has 3 atom stereocenters. The molecule has 1 saturated carbocycles. The summed E-state index contributed by atoms with van der Waals surface area (Å²) in [5.41, 5.74) is 2.56. The molecule has 0 spiro atoms. The van der Waals surface area contributed by atoms with Crippen LogP contribution in [0.5, 0.6) is 0 Å². The average Bonchev–Trinajstić information content (AvgIpc) is 2.72. The number of carbonyl (C=O) groups excluding carboxylic acids is 3. The van der Waals surface area contributed by atoms with Crippen molar-refractivity contribution in [3.05, 3.63) is 33.8 Å². The SMILES string of the molecule is C[C@@H]1CC[C@H]2C(=O)N(NC(=O)c3ccc(Cl)cc3Cl)C(=O)[C@H]2C1. The first-order valence-electron chi connectivity index (χ1n) is 7.52. The molecule has 1 N–H and O–H groups in total. The summed E-state index contributed by atoms with van der Waals surface area (Å²) >= 11 is 11.8. The number of imide groups is 1. The molecular formula is C16H16Cl2N2O3. The van der Waals surface area contributed by atoms with Gasteiger partial charge in [-0.15, -0.1) is 0 Å². The smallest absolute Gasteiger partial charge is 0.271 e. The number of hydrogen-bond acceptors (Lipinski definition) is 3. The highest BCUT2D eigenvalue weighted by Gasteiger charge is 2.50. The molecule has 0 unspecified atom stereocenters. The van der Waals surface area contributed by atoms with Crippen LogP contribution in [0.25, 0.3) is 0 Å². The molecule has 1 saturated heterocycles. The molecule has 0 radical (unpaired) electrons. The van der Waals surface area contributed by atoms with Crippen molar-refractivity contribution >= 4 is 40.9 Å². The maximum absolute atomic E-state index is 12.4. The molecule has 122 valence electrons. The van der Waals surface area contributed by atoms with Crippen molar-refractivity contribution in [2.75, 3.05) is 0 Å². The number of carbonyl (C=O) groups is 3. The van der Waals surface area contributed by atoms with Crippen LogP contribution in [0.3, 0.4) is 0 Å². The quantitative estimate of drug-likeness (QED) is 0.830. The number of hydrogen-bond donors (Lipinski definition) is 1. The number of benzene rings is 1. The zero-order valence-electron chi connectivity index (χ0n) is 12.5. The van der Waals surface area contributed by atoms with Crippen LogP contribution in [0.15, 0.2) is 18.2 Å². The molecule has 1 heterocycles. The second-order valence-corrected chi connectivity index (χ2v) is 7.05. The monoisotopic (exact) mass is 354 g/mol. The van der Waals surface area contributed by atoms with Crippen LogP contribution < -0.4 is 5.43 Å². The molecule has 2 fully saturated rings. The van der Waals surface area contributed by atoms with E-state index < -0.39 is 5.91 Å². The second kappa shape index (κ2) is 6.13. The average molecular weight is 355 g/mol. The third kappa shape index (κ3) is 2.95. The van der Waals surface area contributed by atoms with Gasteiger partial charge in [0.05, 0.1) is 22.4 Å². The summed E-state index contributed by atoms with van der Waals surface area (Å²) < 4.78 is 0. The molecule has 1 aromatic rings. The van der Waals surface area contributed by atoms with E-state index in [0.717, 1.165) is 11.4 Å². The fourth-order valence-corrected chi connectivity index (χ4v) is 3.83. The number of halogens is 2. The van der Waals surface area contributed by atoms with Gasteiger partial charge in [0.2, 0.25) is 0 Å². The van der Waals surface area contributed by atoms with Gasteiger partial charge in [-0.1, -0.05) is 30.1 Å². The van der Waals surface area contributed by atoms with Crippen LogP contribution in [0.1, 0.15) is 36.5 Å². The topological polar surface area (TPSA) is 66.5 Å². The number of hydrazine groups is 1. The Labute approximate surface area is 143 Å². The van der Waals surface area contributed by atoms with Crippen molar-refractivity contribution in [1.29, 1.82) is 0 Å². The molecule has 5 nitrogen and oxygen atoms in total. The van der Waals surface area contributed by atoms with E-state index in [0.29, 0.717) is 23.8 Å². The Bertz CT molecular complexity index is 692. The van der Waals surface area contributed by atoms with Crippen molar-refractivity contribution in [2.45, 2.75) is 26.2 Å². The Hall–Kier alpha value is -1.59. The largest absolute Gasteiger partial charge is 0.272 e. The molecule has 1 aliphatic heterocycles. The lowest BCUT2D eigenvalue weighted by molar-refractivity contribution is -0.142. The number of rotatable bonds is 2. The highest BCUT2D eigenvalue weighted by molar-refractivity contribution is 6.36. The lowest BCUT2D eigenvalue weighted by Gasteiger charge is -2.25. The number of nitrogens with zero attached hydrogens (tertiary/aromatic N) is 1. The van der Waals surface area contributed by atoms with Gasteiger partial charge in [-0.05, 0) is 43.4 Å². The predicted octanol–water partition coefficient (Wildman–Crippen LogP) is 3.06. The summed E-state index contributed by atoms with van der Waals surface area (Å²) in [6.07, 6.45) is 2.29. The van der Waals surface area contributed by atoms with E-state index in [1.165, 1.54) is 18.2 Å². The third-order valence-electron chi connectivity index (χ3n) is 4.58. The normalized spacial score (nSPS) is 27.1. The van der Waals surface area contributed by atoms with Crippen molar-refractivity contribution < 1.29 is 14.4 Å². The molecule has 0 bridgehead atoms. The predicted molar refractivity (Wildman–Crippen MR) is 85.8 cm³/mol. The number of nitrogens with one attached hydrogen (secondary N) is 1. The summed E-state index contributed by atoms with van der Waals surface area (Å²) in [7, 11) is 0. The highest BCUT2D eigenvalue weighted by Crippen LogP contribution is 2.39. The fraction of sp³-hybridized carbons (Fsp3) is 0.438. The molecular weight excluding hydrogens is 339 g/mol. The summed E-state index contributed by atoms with van der Waals surface area (Å²) in [5, 5.41) is 1.43. The van der Waals surface area contributed by atoms with Crippen LogP contribution in [0.4, 0.5) is 0 Å². The lowest BCUT2D eigenvalue weighted by Crippen LogP contribution is -2.46. The highest BCUT2D eigenvalue weighted by atomic mass is 35.5. The van der Waals surface area contributed by atoms with Gasteiger partial charge in [-0.3, -0.25) is 19.8 Å². The Kier molecular flexibility index (Phi) is 4.34. The molecule has 23 heavy (non-hydrogen) atoms. The van der Waals surface area contributed by atoms with Gasteiger partial charge < -0.3 is 0 Å². The Morgan fingerprint density at radius 1 is 1.17 bits per heavy atom. The Morgan fingerprint density at radius 3 is 2.57 bits per heavy atom. The van der Waals surface area contributed by atoms with Crippen molar-refractivity contribution in [3.8, 4) is 0 Å². The van der Waals surface area contributed by atoms with E-state index in [4.69, 9.17) is 23.2 Å². The fourth-order valence-electron chi connectivity index (χ4n) is 3.34. The van der Waals surface area contributed by atoms with Gasteiger partial charge in [0.1, 0.15) is 0 Å². The first kappa shape index (κ1) is 16.3. The van der Waals surface area contributed by atoms with Crippen LogP contribution >= 0.6 is 23.2 Å². The van der Waals surface area contributed by atoms with E-state index in [9.17, 15) is 14.4 Å². The van der Waals surface area contributed by atoms with E-state index >= 15 is 0 Å². The van der Waals surface area contributed by atoms with E-state index in [-0.39, 0.29) is 34.2 Å². The Morgan fingerprint density at radius 2 is 1.87 bits per heavy atom. The summed E-state index contributed by atoms with van der Waals surface area (Å²) in [5.74, 6) is -1.49. The van der Waals surface area contributed by atoms with Gasteiger partial charge >= 0.3 is 0 Å². The molecule has 2 aliphatic rings. The minimum absolute atomic E-state index is 0.167. The summed E-state index contributed by atoms with van der Waals surface area (Å²) in [6, 6.07) is 4.42. The minimum atomic E-state index is -0.597. The maximum Gasteiger partial charge on any atom is 0.271 e. The first-order chi connectivity index (χ1) is 10.9. The van der Waals surface area contributed by atoms with Gasteiger partial charge in [0.15, 0.2) is 0 Å². The minimum Gasteiger partial charge on any atom is -0.272 e. The third-order valence-corrected chi connectivity index (χ3v) is 5.12. The van der Waals surface area contributed by atoms with E-state index in [1.54, 1.807) is 0 Å². The van der Waals surface area contributed by atoms with Crippen molar-refractivity contribution in [3.63, 3.8) is 0 Å². The van der Waals surface area contributed by atoms with Gasteiger partial charge in [-0.2, -0.15) is 5.01 Å². The Balaban J connectivity index is 1.78. The molecule has 3 amide bonds. The molecule has 1 aromatic carbocycles. The molecule has 3 rings (SSSR count). The van der Waals surface area contributed by atoms with Crippen LogP contribution in [0.2, 0.25) is 10.0 Å². The van der Waals surface area contributed by atoms with Crippen LogP contribution in [-0.2, 0) is 9.59 Å². The lowest BCUT2D eigenvalue weighted by atomic mass is 9.76. The molecule has 1 aliphatic carbocycles. The molecule has 0 aromatic heterocycles. The van der Waals surface area contributed by atoms with Crippen LogP contribution in [-0.4, -0.2) is 22.7 Å². The number of fused-ring (bicyclic) bond motifs is 1. The van der Waals surface area contributed by atoms with E-state index in [1.807, 2.05) is 0 Å². The van der Waals surface area contributed by atoms with Gasteiger partial charge in [0, 0.05) is 5.02 Å². The van der Waals surface area contributed by atoms with Gasteiger partial charge in [0.25, 0.3) is 17.7 Å². The van der Waals surface area contributed by atoms with Crippen molar-refractivity contribution in [1.82, 2.24) is 10.4 Å². The zero-order valence-corrected chi connectivity index (χ0v) is 14.0. The standard InChI is InChI=1S/C16H16Cl2N2O3/c1-8-2-4-10-12(6-8)16(23)20(15(10)22)19-14(21)11-5-3-9(17)7-13(11)18/h3,5,7-8,10,12H,2,4,6H2,1H3,(H,19,21)/t8-,10-,12+/m1/s1. The number of amides is 3. The maximum atomic E-state index is 12.4. The first-order valence-corrected chi connectivity index (χ1v) is 8.28. The van der Waals surface area contributed by atoms with E-state index in [2.05, 4.69) is 12.3 Å². The second-order valence-electron chi connectivity index (χ2n) is 6.21. The van der Waals surface area contributed by atoms with Gasteiger partial charge in [-0.25, -0.2) is 0 Å². The summed E-state index contributed by atoms with van der Waals surface area (Å²) in [6.45, 7) is 2.07. The molecule has 7 heteroatoms. The summed E-state index contributed by atoms with van der Waals surface area (Å²) in [4.78, 5) is 37.1. The van der Waals surface area contributed by atoms with Crippen molar-refractivity contribution in [2.24, 2.45) is 17.8 Å².